The molecule has 1 N–H and O–H groups in total. The van der Waals surface area contributed by atoms with E-state index in [2.05, 4.69) is 15.3 Å². The third-order valence-electron chi connectivity index (χ3n) is 3.13. The molecule has 6 nitrogen and oxygen atoms in total. The zero-order chi connectivity index (χ0) is 17.5. The number of aromatic nitrogens is 2. The molecule has 0 unspecified atom stereocenters. The molecule has 0 aliphatic carbocycles. The van der Waals surface area contributed by atoms with Gasteiger partial charge < -0.3 is 9.15 Å². The number of rotatable bonds is 8. The zero-order valence-corrected chi connectivity index (χ0v) is 15.2. The number of benzene rings is 1. The van der Waals surface area contributed by atoms with Crippen LogP contribution in [0.3, 0.4) is 0 Å². The van der Waals surface area contributed by atoms with Gasteiger partial charge in [0.25, 0.3) is 5.91 Å². The molecule has 0 aliphatic rings. The van der Waals surface area contributed by atoms with Crippen LogP contribution in [-0.2, 0) is 17.0 Å². The summed E-state index contributed by atoms with van der Waals surface area (Å²) in [7, 11) is 0. The number of amides is 1. The lowest BCUT2D eigenvalue weighted by Crippen LogP contribution is -2.19. The Morgan fingerprint density at radius 1 is 1.28 bits per heavy atom. The highest BCUT2D eigenvalue weighted by atomic mass is 32.2. The van der Waals surface area contributed by atoms with Crippen LogP contribution >= 0.6 is 23.1 Å². The molecule has 130 valence electrons. The molecule has 1 amide bonds. The van der Waals surface area contributed by atoms with Crippen LogP contribution in [0, 0.1) is 0 Å². The van der Waals surface area contributed by atoms with Crippen molar-refractivity contribution in [2.24, 2.45) is 0 Å². The van der Waals surface area contributed by atoms with Crippen molar-refractivity contribution in [1.82, 2.24) is 9.97 Å². The molecule has 0 aliphatic heterocycles. The second-order valence-corrected chi connectivity index (χ2v) is 7.30. The molecule has 3 aromatic rings. The number of hydrogen-bond donors (Lipinski definition) is 1. The van der Waals surface area contributed by atoms with E-state index in [0.29, 0.717) is 22.5 Å². The quantitative estimate of drug-likeness (QED) is 0.600. The molecule has 0 bridgehead atoms. The maximum Gasteiger partial charge on any atom is 0.264 e. The van der Waals surface area contributed by atoms with E-state index in [0.717, 1.165) is 16.4 Å². The van der Waals surface area contributed by atoms with Crippen LogP contribution in [0.2, 0.25) is 0 Å². The summed E-state index contributed by atoms with van der Waals surface area (Å²) >= 11 is 2.98. The summed E-state index contributed by atoms with van der Waals surface area (Å²) in [6.07, 6.45) is 4.31. The van der Waals surface area contributed by atoms with E-state index in [4.69, 9.17) is 9.15 Å². The zero-order valence-electron chi connectivity index (χ0n) is 13.6. The maximum absolute atomic E-state index is 11.9. The third kappa shape index (κ3) is 5.33. The van der Waals surface area contributed by atoms with Gasteiger partial charge in [0, 0.05) is 6.42 Å². The first kappa shape index (κ1) is 17.5. The number of carbonyl (C=O) groups excluding carboxylic acids is 1. The minimum absolute atomic E-state index is 0.0534. The summed E-state index contributed by atoms with van der Waals surface area (Å²) in [6, 6.07) is 9.21. The minimum atomic E-state index is -0.241. The van der Waals surface area contributed by atoms with E-state index in [1.807, 2.05) is 25.1 Å². The fourth-order valence-corrected chi connectivity index (χ4v) is 3.66. The van der Waals surface area contributed by atoms with Gasteiger partial charge in [0.2, 0.25) is 5.89 Å². The highest BCUT2D eigenvalue weighted by Gasteiger charge is 2.09. The number of anilines is 1. The van der Waals surface area contributed by atoms with Crippen LogP contribution in [0.4, 0.5) is 5.13 Å². The number of thioether (sulfide) groups is 1. The van der Waals surface area contributed by atoms with Crippen LogP contribution in [0.5, 0.6) is 5.75 Å². The molecule has 0 spiro atoms. The number of thiazole rings is 1. The average Bonchev–Trinajstić information content (AvgIpc) is 3.28. The smallest absolute Gasteiger partial charge is 0.264 e. The summed E-state index contributed by atoms with van der Waals surface area (Å²) in [6.45, 7) is 1.97. The van der Waals surface area contributed by atoms with Crippen molar-refractivity contribution in [3.8, 4) is 5.75 Å². The lowest BCUT2D eigenvalue weighted by molar-refractivity contribution is -0.118. The van der Waals surface area contributed by atoms with Gasteiger partial charge in [-0.2, -0.15) is 0 Å². The Balaban J connectivity index is 1.45. The van der Waals surface area contributed by atoms with Crippen molar-refractivity contribution < 1.29 is 13.9 Å². The number of hydrogen-bond acceptors (Lipinski definition) is 7. The summed E-state index contributed by atoms with van der Waals surface area (Å²) in [4.78, 5) is 20.3. The Hall–Kier alpha value is -2.32. The predicted octanol–water partition coefficient (Wildman–Crippen LogP) is 4.00. The van der Waals surface area contributed by atoms with Gasteiger partial charge in [0.1, 0.15) is 11.5 Å². The standard InChI is InChI=1S/C17H17N3O3S2/c1-2-12-8-18-15(23-12)11-24-16-9-19-17(25-16)20-14(21)10-22-13-6-4-3-5-7-13/h3-9H,2,10-11H2,1H3,(H,19,20,21). The van der Waals surface area contributed by atoms with Gasteiger partial charge in [-0.15, -0.1) is 11.8 Å². The maximum atomic E-state index is 11.9. The van der Waals surface area contributed by atoms with Crippen molar-refractivity contribution >= 4 is 34.1 Å². The number of carbonyl (C=O) groups is 1. The van der Waals surface area contributed by atoms with E-state index in [1.54, 1.807) is 36.3 Å². The highest BCUT2D eigenvalue weighted by Crippen LogP contribution is 2.30. The fraction of sp³-hybridized carbons (Fsp3) is 0.235. The number of nitrogens with zero attached hydrogens (tertiary/aromatic N) is 2. The monoisotopic (exact) mass is 375 g/mol. The van der Waals surface area contributed by atoms with Crippen molar-refractivity contribution in [2.45, 2.75) is 23.3 Å². The largest absolute Gasteiger partial charge is 0.484 e. The van der Waals surface area contributed by atoms with Gasteiger partial charge >= 0.3 is 0 Å². The molecular formula is C17H17N3O3S2. The van der Waals surface area contributed by atoms with Gasteiger partial charge in [0.05, 0.1) is 22.4 Å². The van der Waals surface area contributed by atoms with Crippen molar-refractivity contribution in [2.75, 3.05) is 11.9 Å². The third-order valence-corrected chi connectivity index (χ3v) is 5.22. The Morgan fingerprint density at radius 2 is 2.12 bits per heavy atom. The second-order valence-electron chi connectivity index (χ2n) is 5.00. The lowest BCUT2D eigenvalue weighted by atomic mass is 10.3. The molecule has 0 saturated heterocycles. The SMILES string of the molecule is CCc1cnc(CSc2cnc(NC(=O)COc3ccccc3)s2)o1. The second kappa shape index (κ2) is 8.68. The lowest BCUT2D eigenvalue weighted by Gasteiger charge is -2.05. The van der Waals surface area contributed by atoms with Crippen LogP contribution in [0.1, 0.15) is 18.6 Å². The van der Waals surface area contributed by atoms with Crippen molar-refractivity contribution in [3.63, 3.8) is 0 Å². The van der Waals surface area contributed by atoms with Crippen molar-refractivity contribution in [1.29, 1.82) is 0 Å². The normalized spacial score (nSPS) is 10.6. The van der Waals surface area contributed by atoms with Gasteiger partial charge in [-0.3, -0.25) is 10.1 Å². The number of oxazole rings is 1. The molecule has 0 atom stereocenters. The van der Waals surface area contributed by atoms with Gasteiger partial charge in [-0.1, -0.05) is 36.5 Å². The van der Waals surface area contributed by atoms with Gasteiger partial charge in [-0.05, 0) is 12.1 Å². The highest BCUT2D eigenvalue weighted by molar-refractivity contribution is 8.00. The molecule has 0 saturated carbocycles. The average molecular weight is 375 g/mol. The first-order valence-electron chi connectivity index (χ1n) is 7.73. The number of aryl methyl sites for hydroxylation is 1. The Labute approximate surface area is 153 Å². The van der Waals surface area contributed by atoms with E-state index < -0.39 is 0 Å². The molecular weight excluding hydrogens is 358 g/mol. The molecule has 2 aromatic heterocycles. The predicted molar refractivity (Wildman–Crippen MR) is 98.1 cm³/mol. The first-order valence-corrected chi connectivity index (χ1v) is 9.53. The molecule has 25 heavy (non-hydrogen) atoms. The molecule has 1 aromatic carbocycles. The first-order chi connectivity index (χ1) is 12.2. The van der Waals surface area contributed by atoms with Crippen LogP contribution in [0.15, 0.2) is 51.4 Å². The summed E-state index contributed by atoms with van der Waals surface area (Å²) in [5.41, 5.74) is 0. The summed E-state index contributed by atoms with van der Waals surface area (Å²) < 4.78 is 12.0. The van der Waals surface area contributed by atoms with E-state index in [1.165, 1.54) is 11.3 Å². The number of nitrogens with one attached hydrogen (secondary N) is 1. The topological polar surface area (TPSA) is 77.2 Å². The summed E-state index contributed by atoms with van der Waals surface area (Å²) in [5, 5.41) is 3.28. The van der Waals surface area contributed by atoms with Gasteiger partial charge in [-0.25, -0.2) is 9.97 Å². The Bertz CT molecular complexity index is 817. The Morgan fingerprint density at radius 3 is 2.88 bits per heavy atom. The van der Waals surface area contributed by atoms with Crippen LogP contribution in [0.25, 0.3) is 0 Å². The van der Waals surface area contributed by atoms with Gasteiger partial charge in [0.15, 0.2) is 11.7 Å². The van der Waals surface area contributed by atoms with Crippen LogP contribution < -0.4 is 10.1 Å². The van der Waals surface area contributed by atoms with E-state index in [9.17, 15) is 4.79 Å². The van der Waals surface area contributed by atoms with Crippen LogP contribution in [-0.4, -0.2) is 22.5 Å². The molecule has 0 radical (unpaired) electrons. The summed E-state index contributed by atoms with van der Waals surface area (Å²) in [5.74, 6) is 2.62. The molecule has 0 fully saturated rings. The Kier molecular flexibility index (Phi) is 6.08. The van der Waals surface area contributed by atoms with E-state index >= 15 is 0 Å². The molecule has 3 rings (SSSR count). The number of ether oxygens (including phenoxy) is 1. The number of para-hydroxylation sites is 1. The minimum Gasteiger partial charge on any atom is -0.484 e. The molecule has 2 heterocycles. The van der Waals surface area contributed by atoms with Crippen molar-refractivity contribution in [3.05, 3.63) is 54.4 Å². The molecule has 8 heteroatoms. The van der Waals surface area contributed by atoms with E-state index in [-0.39, 0.29) is 12.5 Å². The fourth-order valence-electron chi connectivity index (χ4n) is 1.92.